The number of carbonyl (C=O) groups is 2. The Morgan fingerprint density at radius 1 is 1.67 bits per heavy atom. The molecule has 0 amide bonds. The normalized spacial score (nSPS) is 29.9. The third-order valence-electron chi connectivity index (χ3n) is 2.53. The van der Waals surface area contributed by atoms with Crippen molar-refractivity contribution in [2.24, 2.45) is 11.8 Å². The van der Waals surface area contributed by atoms with Gasteiger partial charge in [0.1, 0.15) is 12.4 Å². The number of Topliss-reactive ketones (excluding diaryl/α,β-unsaturated/α-hetero) is 1. The van der Waals surface area contributed by atoms with E-state index in [-0.39, 0.29) is 18.3 Å². The summed E-state index contributed by atoms with van der Waals surface area (Å²) in [5.41, 5.74) is 0. The lowest BCUT2D eigenvalue weighted by Crippen LogP contribution is -2.30. The molecule has 1 rings (SSSR count). The number of hydrogen-bond acceptors (Lipinski definition) is 3. The number of hydrogen-bond donors (Lipinski definition) is 0. The minimum absolute atomic E-state index is 0.0519. The van der Waals surface area contributed by atoms with Gasteiger partial charge < -0.3 is 4.74 Å². The zero-order chi connectivity index (χ0) is 8.97. The van der Waals surface area contributed by atoms with Gasteiger partial charge in [0, 0.05) is 6.42 Å². The predicted octanol–water partition coefficient (Wildman–Crippen LogP) is 1.16. The molecular weight excluding hydrogens is 156 g/mol. The van der Waals surface area contributed by atoms with Crippen LogP contribution < -0.4 is 0 Å². The van der Waals surface area contributed by atoms with Crippen LogP contribution in [-0.4, -0.2) is 18.9 Å². The molecule has 0 heterocycles. The van der Waals surface area contributed by atoms with Crippen LogP contribution in [0.3, 0.4) is 0 Å². The van der Waals surface area contributed by atoms with E-state index >= 15 is 0 Å². The third-order valence-corrected chi connectivity index (χ3v) is 2.53. The average Bonchev–Trinajstić information content (AvgIpc) is 2.04. The van der Waals surface area contributed by atoms with Crippen LogP contribution in [0, 0.1) is 11.8 Å². The van der Waals surface area contributed by atoms with Gasteiger partial charge >= 0.3 is 0 Å². The summed E-state index contributed by atoms with van der Waals surface area (Å²) in [5.74, 6) is 0.561. The number of rotatable bonds is 3. The standard InChI is InChI=1S/C9H14O3/c1-7-3-2-4-9(11)8(7)5-12-6-10/h6-8H,2-5H2,1H3/t7-,8+/m1/s1. The van der Waals surface area contributed by atoms with Crippen molar-refractivity contribution >= 4 is 12.3 Å². The van der Waals surface area contributed by atoms with Crippen molar-refractivity contribution in [2.75, 3.05) is 6.61 Å². The van der Waals surface area contributed by atoms with Crippen molar-refractivity contribution < 1.29 is 14.3 Å². The van der Waals surface area contributed by atoms with E-state index in [0.717, 1.165) is 12.8 Å². The van der Waals surface area contributed by atoms with E-state index < -0.39 is 0 Å². The number of ketones is 1. The lowest BCUT2D eigenvalue weighted by Gasteiger charge is -2.26. The summed E-state index contributed by atoms with van der Waals surface area (Å²) in [6.45, 7) is 2.72. The monoisotopic (exact) mass is 170 g/mol. The Morgan fingerprint density at radius 2 is 2.42 bits per heavy atom. The van der Waals surface area contributed by atoms with Gasteiger partial charge in [0.05, 0.1) is 5.92 Å². The van der Waals surface area contributed by atoms with Crippen LogP contribution in [0.1, 0.15) is 26.2 Å². The van der Waals surface area contributed by atoms with E-state index in [1.165, 1.54) is 0 Å². The lowest BCUT2D eigenvalue weighted by molar-refractivity contribution is -0.136. The highest BCUT2D eigenvalue weighted by Crippen LogP contribution is 2.26. The molecular formula is C9H14O3. The predicted molar refractivity (Wildman–Crippen MR) is 43.5 cm³/mol. The van der Waals surface area contributed by atoms with E-state index in [9.17, 15) is 9.59 Å². The Balaban J connectivity index is 2.45. The fourth-order valence-electron chi connectivity index (χ4n) is 1.70. The van der Waals surface area contributed by atoms with Crippen molar-refractivity contribution in [1.82, 2.24) is 0 Å². The van der Waals surface area contributed by atoms with Crippen molar-refractivity contribution in [3.8, 4) is 0 Å². The molecule has 0 saturated heterocycles. The van der Waals surface area contributed by atoms with E-state index in [0.29, 0.717) is 18.8 Å². The highest BCUT2D eigenvalue weighted by molar-refractivity contribution is 5.82. The van der Waals surface area contributed by atoms with Crippen LogP contribution in [0.15, 0.2) is 0 Å². The Hall–Kier alpha value is -0.860. The molecule has 68 valence electrons. The van der Waals surface area contributed by atoms with Gasteiger partial charge in [-0.05, 0) is 18.8 Å². The first-order valence-corrected chi connectivity index (χ1v) is 4.33. The quantitative estimate of drug-likeness (QED) is 0.597. The molecule has 3 nitrogen and oxygen atoms in total. The van der Waals surface area contributed by atoms with E-state index in [1.807, 2.05) is 6.92 Å². The first-order chi connectivity index (χ1) is 5.75. The Morgan fingerprint density at radius 3 is 3.00 bits per heavy atom. The minimum Gasteiger partial charge on any atom is -0.467 e. The van der Waals surface area contributed by atoms with Gasteiger partial charge in [-0.3, -0.25) is 9.59 Å². The van der Waals surface area contributed by atoms with Crippen LogP contribution in [0.25, 0.3) is 0 Å². The second-order valence-corrected chi connectivity index (χ2v) is 3.37. The van der Waals surface area contributed by atoms with E-state index in [4.69, 9.17) is 0 Å². The summed E-state index contributed by atoms with van der Waals surface area (Å²) in [7, 11) is 0. The van der Waals surface area contributed by atoms with Crippen molar-refractivity contribution in [3.05, 3.63) is 0 Å². The molecule has 0 unspecified atom stereocenters. The molecule has 1 aliphatic carbocycles. The van der Waals surface area contributed by atoms with Crippen LogP contribution in [0.2, 0.25) is 0 Å². The van der Waals surface area contributed by atoms with Gasteiger partial charge in [0.2, 0.25) is 0 Å². The summed E-state index contributed by atoms with van der Waals surface area (Å²) < 4.78 is 4.61. The first-order valence-electron chi connectivity index (χ1n) is 4.33. The second-order valence-electron chi connectivity index (χ2n) is 3.37. The molecule has 12 heavy (non-hydrogen) atoms. The summed E-state index contributed by atoms with van der Waals surface area (Å²) in [5, 5.41) is 0. The van der Waals surface area contributed by atoms with E-state index in [2.05, 4.69) is 4.74 Å². The molecule has 0 radical (unpaired) electrons. The summed E-state index contributed by atoms with van der Waals surface area (Å²) in [6, 6.07) is 0. The highest BCUT2D eigenvalue weighted by Gasteiger charge is 2.28. The van der Waals surface area contributed by atoms with Crippen molar-refractivity contribution in [1.29, 1.82) is 0 Å². The summed E-state index contributed by atoms with van der Waals surface area (Å²) >= 11 is 0. The van der Waals surface area contributed by atoms with Crippen LogP contribution in [0.5, 0.6) is 0 Å². The largest absolute Gasteiger partial charge is 0.467 e. The number of carbonyl (C=O) groups excluding carboxylic acids is 2. The van der Waals surface area contributed by atoms with Gasteiger partial charge in [0.25, 0.3) is 6.47 Å². The summed E-state index contributed by atoms with van der Waals surface area (Å²) in [4.78, 5) is 21.2. The van der Waals surface area contributed by atoms with Crippen molar-refractivity contribution in [3.63, 3.8) is 0 Å². The molecule has 1 saturated carbocycles. The van der Waals surface area contributed by atoms with E-state index in [1.54, 1.807) is 0 Å². The summed E-state index contributed by atoms with van der Waals surface area (Å²) in [6.07, 6.45) is 2.70. The minimum atomic E-state index is -0.0519. The van der Waals surface area contributed by atoms with Crippen LogP contribution >= 0.6 is 0 Å². The maximum absolute atomic E-state index is 11.3. The molecule has 1 fully saturated rings. The van der Waals surface area contributed by atoms with Gasteiger partial charge in [-0.15, -0.1) is 0 Å². The van der Waals surface area contributed by atoms with Gasteiger partial charge in [-0.2, -0.15) is 0 Å². The van der Waals surface area contributed by atoms with Gasteiger partial charge in [0.15, 0.2) is 0 Å². The third kappa shape index (κ3) is 2.06. The van der Waals surface area contributed by atoms with Crippen molar-refractivity contribution in [2.45, 2.75) is 26.2 Å². The molecule has 0 aromatic rings. The smallest absolute Gasteiger partial charge is 0.293 e. The maximum atomic E-state index is 11.3. The molecule has 2 atom stereocenters. The average molecular weight is 170 g/mol. The zero-order valence-electron chi connectivity index (χ0n) is 7.29. The number of ether oxygens (including phenoxy) is 1. The zero-order valence-corrected chi connectivity index (χ0v) is 7.29. The lowest BCUT2D eigenvalue weighted by atomic mass is 9.80. The molecule has 0 aromatic heterocycles. The molecule has 0 bridgehead atoms. The van der Waals surface area contributed by atoms with Crippen LogP contribution in [-0.2, 0) is 14.3 Å². The molecule has 0 aromatic carbocycles. The Labute approximate surface area is 72.1 Å². The topological polar surface area (TPSA) is 43.4 Å². The van der Waals surface area contributed by atoms with Gasteiger partial charge in [-0.25, -0.2) is 0 Å². The Bertz CT molecular complexity index is 177. The molecule has 1 aliphatic rings. The molecule has 3 heteroatoms. The molecule has 0 N–H and O–H groups in total. The fraction of sp³-hybridized carbons (Fsp3) is 0.778. The Kier molecular flexibility index (Phi) is 3.26. The van der Waals surface area contributed by atoms with Crippen LogP contribution in [0.4, 0.5) is 0 Å². The fourth-order valence-corrected chi connectivity index (χ4v) is 1.70. The first kappa shape index (κ1) is 9.23. The molecule has 0 aliphatic heterocycles. The second kappa shape index (κ2) is 4.24. The highest BCUT2D eigenvalue weighted by atomic mass is 16.5. The SMILES string of the molecule is C[C@@H]1CCCC(=O)[C@H]1COC=O. The maximum Gasteiger partial charge on any atom is 0.293 e. The van der Waals surface area contributed by atoms with Gasteiger partial charge in [-0.1, -0.05) is 6.92 Å². The molecule has 0 spiro atoms.